The Morgan fingerprint density at radius 3 is 2.38 bits per heavy atom. The molecule has 2 N–H and O–H groups in total. The quantitative estimate of drug-likeness (QED) is 0.644. The zero-order valence-corrected chi connectivity index (χ0v) is 16.1. The highest BCUT2D eigenvalue weighted by Crippen LogP contribution is 2.37. The Labute approximate surface area is 156 Å². The minimum absolute atomic E-state index is 0.149. The lowest BCUT2D eigenvalue weighted by molar-refractivity contribution is 0.0640. The van der Waals surface area contributed by atoms with Crippen molar-refractivity contribution in [2.45, 2.75) is 25.0 Å². The number of aliphatic hydroxyl groups excluding tert-OH is 1. The van der Waals surface area contributed by atoms with Gasteiger partial charge in [-0.25, -0.2) is 4.39 Å². The van der Waals surface area contributed by atoms with Gasteiger partial charge in [0.2, 0.25) is 0 Å². The number of aliphatic hydroxyl groups is 2. The standard InChI is InChI=1S/C19H23FINO2/c1-22(2)11-3-10-19(24,15-4-6-16(20)7-5-15)18-9-8-17(21)12-14(18)13-23/h4-9,12,23-24H,3,10-11,13H2,1-2H3. The van der Waals surface area contributed by atoms with E-state index in [1.807, 2.05) is 32.3 Å². The monoisotopic (exact) mass is 443 g/mol. The first kappa shape index (κ1) is 19.3. The second-order valence-electron chi connectivity index (χ2n) is 6.23. The summed E-state index contributed by atoms with van der Waals surface area (Å²) >= 11 is 2.18. The highest BCUT2D eigenvalue weighted by molar-refractivity contribution is 14.1. The van der Waals surface area contributed by atoms with Crippen molar-refractivity contribution in [1.82, 2.24) is 4.90 Å². The van der Waals surface area contributed by atoms with Crippen LogP contribution in [0.15, 0.2) is 42.5 Å². The lowest BCUT2D eigenvalue weighted by Gasteiger charge is -2.32. The van der Waals surface area contributed by atoms with Crippen LogP contribution in [-0.4, -0.2) is 35.8 Å². The first-order valence-corrected chi connectivity index (χ1v) is 8.97. The number of benzene rings is 2. The summed E-state index contributed by atoms with van der Waals surface area (Å²) in [4.78, 5) is 2.06. The molecule has 0 amide bonds. The SMILES string of the molecule is CN(C)CCCC(O)(c1ccc(F)cc1)c1ccc(I)cc1CO. The molecule has 24 heavy (non-hydrogen) atoms. The van der Waals surface area contributed by atoms with Crippen LogP contribution in [0, 0.1) is 9.39 Å². The summed E-state index contributed by atoms with van der Waals surface area (Å²) < 4.78 is 14.3. The number of hydrogen-bond donors (Lipinski definition) is 2. The van der Waals surface area contributed by atoms with Gasteiger partial charge in [0.15, 0.2) is 0 Å². The van der Waals surface area contributed by atoms with Crippen LogP contribution >= 0.6 is 22.6 Å². The van der Waals surface area contributed by atoms with E-state index >= 15 is 0 Å². The number of hydrogen-bond acceptors (Lipinski definition) is 3. The molecule has 5 heteroatoms. The van der Waals surface area contributed by atoms with Gasteiger partial charge in [-0.1, -0.05) is 18.2 Å². The zero-order valence-electron chi connectivity index (χ0n) is 14.0. The summed E-state index contributed by atoms with van der Waals surface area (Å²) in [6.45, 7) is 0.686. The fourth-order valence-electron chi connectivity index (χ4n) is 2.91. The Hall–Kier alpha value is -1.02. The number of rotatable bonds is 7. The van der Waals surface area contributed by atoms with Gasteiger partial charge in [0, 0.05) is 3.57 Å². The molecule has 0 fully saturated rings. The van der Waals surface area contributed by atoms with E-state index < -0.39 is 5.60 Å². The average molecular weight is 443 g/mol. The van der Waals surface area contributed by atoms with Gasteiger partial charge in [-0.15, -0.1) is 0 Å². The van der Waals surface area contributed by atoms with E-state index in [-0.39, 0.29) is 12.4 Å². The van der Waals surface area contributed by atoms with Crippen molar-refractivity contribution < 1.29 is 14.6 Å². The molecule has 0 bridgehead atoms. The average Bonchev–Trinajstić information content (AvgIpc) is 2.54. The molecule has 0 heterocycles. The Bertz CT molecular complexity index is 676. The van der Waals surface area contributed by atoms with Gasteiger partial charge >= 0.3 is 0 Å². The van der Waals surface area contributed by atoms with Crippen molar-refractivity contribution in [2.75, 3.05) is 20.6 Å². The van der Waals surface area contributed by atoms with Crippen molar-refractivity contribution in [3.05, 3.63) is 68.5 Å². The van der Waals surface area contributed by atoms with E-state index in [0.717, 1.165) is 16.5 Å². The molecule has 3 nitrogen and oxygen atoms in total. The van der Waals surface area contributed by atoms with E-state index in [1.165, 1.54) is 12.1 Å². The van der Waals surface area contributed by atoms with Gasteiger partial charge in [0.05, 0.1) is 6.61 Å². The summed E-state index contributed by atoms with van der Waals surface area (Å²) in [7, 11) is 3.97. The van der Waals surface area contributed by atoms with E-state index in [0.29, 0.717) is 23.1 Å². The third-order valence-corrected chi connectivity index (χ3v) is 4.82. The largest absolute Gasteiger partial charge is 0.392 e. The Balaban J connectivity index is 2.47. The van der Waals surface area contributed by atoms with E-state index in [1.54, 1.807) is 12.1 Å². The number of nitrogens with zero attached hydrogens (tertiary/aromatic N) is 1. The molecule has 2 aromatic rings. The molecule has 0 spiro atoms. The molecular formula is C19H23FINO2. The first-order chi connectivity index (χ1) is 11.4. The normalized spacial score (nSPS) is 14.0. The smallest absolute Gasteiger partial charge is 0.123 e. The van der Waals surface area contributed by atoms with Crippen LogP contribution in [0.5, 0.6) is 0 Å². The second-order valence-corrected chi connectivity index (χ2v) is 7.48. The maximum Gasteiger partial charge on any atom is 0.123 e. The maximum absolute atomic E-state index is 13.3. The summed E-state index contributed by atoms with van der Waals surface area (Å²) in [5.41, 5.74) is 0.750. The molecule has 0 aliphatic heterocycles. The Kier molecular flexibility index (Phi) is 6.74. The van der Waals surface area contributed by atoms with Gasteiger partial charge in [0.1, 0.15) is 11.4 Å². The Morgan fingerprint density at radius 1 is 1.12 bits per heavy atom. The van der Waals surface area contributed by atoms with Crippen LogP contribution in [0.2, 0.25) is 0 Å². The third-order valence-electron chi connectivity index (χ3n) is 4.15. The predicted molar refractivity (Wildman–Crippen MR) is 102 cm³/mol. The third kappa shape index (κ3) is 4.53. The molecule has 0 aliphatic rings. The Morgan fingerprint density at radius 2 is 1.79 bits per heavy atom. The molecule has 2 aromatic carbocycles. The highest BCUT2D eigenvalue weighted by atomic mass is 127. The minimum atomic E-state index is -1.26. The summed E-state index contributed by atoms with van der Waals surface area (Å²) in [5.74, 6) is -0.334. The summed E-state index contributed by atoms with van der Waals surface area (Å²) in [5, 5.41) is 21.2. The molecule has 0 saturated heterocycles. The van der Waals surface area contributed by atoms with Crippen molar-refractivity contribution in [3.63, 3.8) is 0 Å². The number of halogens is 2. The van der Waals surface area contributed by atoms with Crippen molar-refractivity contribution in [3.8, 4) is 0 Å². The second kappa shape index (κ2) is 8.38. The van der Waals surface area contributed by atoms with Gasteiger partial charge in [-0.3, -0.25) is 0 Å². The van der Waals surface area contributed by atoms with E-state index in [9.17, 15) is 14.6 Å². The zero-order chi connectivity index (χ0) is 17.7. The molecule has 2 rings (SSSR count). The van der Waals surface area contributed by atoms with Crippen LogP contribution in [0.4, 0.5) is 4.39 Å². The van der Waals surface area contributed by atoms with Crippen molar-refractivity contribution in [2.24, 2.45) is 0 Å². The minimum Gasteiger partial charge on any atom is -0.392 e. The molecule has 0 radical (unpaired) electrons. The van der Waals surface area contributed by atoms with Crippen LogP contribution in [0.3, 0.4) is 0 Å². The lowest BCUT2D eigenvalue weighted by atomic mass is 9.80. The van der Waals surface area contributed by atoms with Gasteiger partial charge in [-0.05, 0) is 97.0 Å². The van der Waals surface area contributed by atoms with Crippen LogP contribution < -0.4 is 0 Å². The van der Waals surface area contributed by atoms with E-state index in [4.69, 9.17) is 0 Å². The van der Waals surface area contributed by atoms with Crippen LogP contribution in [-0.2, 0) is 12.2 Å². The maximum atomic E-state index is 13.3. The molecule has 130 valence electrons. The molecular weight excluding hydrogens is 420 g/mol. The topological polar surface area (TPSA) is 43.7 Å². The van der Waals surface area contributed by atoms with E-state index in [2.05, 4.69) is 27.5 Å². The summed E-state index contributed by atoms with van der Waals surface area (Å²) in [6, 6.07) is 11.6. The molecule has 0 saturated carbocycles. The van der Waals surface area contributed by atoms with Gasteiger partial charge in [-0.2, -0.15) is 0 Å². The van der Waals surface area contributed by atoms with Gasteiger partial charge in [0.25, 0.3) is 0 Å². The molecule has 0 aromatic heterocycles. The van der Waals surface area contributed by atoms with Crippen LogP contribution in [0.1, 0.15) is 29.5 Å². The molecule has 1 atom stereocenters. The van der Waals surface area contributed by atoms with Gasteiger partial charge < -0.3 is 15.1 Å². The molecule has 0 aliphatic carbocycles. The van der Waals surface area contributed by atoms with Crippen LogP contribution in [0.25, 0.3) is 0 Å². The summed E-state index contributed by atoms with van der Waals surface area (Å²) in [6.07, 6.45) is 1.27. The first-order valence-electron chi connectivity index (χ1n) is 7.89. The van der Waals surface area contributed by atoms with Crippen molar-refractivity contribution in [1.29, 1.82) is 0 Å². The molecule has 1 unspecified atom stereocenters. The fraction of sp³-hybridized carbons (Fsp3) is 0.368. The lowest BCUT2D eigenvalue weighted by Crippen LogP contribution is -2.30. The fourth-order valence-corrected chi connectivity index (χ4v) is 3.46. The van der Waals surface area contributed by atoms with Crippen molar-refractivity contribution >= 4 is 22.6 Å². The predicted octanol–water partition coefficient (Wildman–Crippen LogP) is 3.50. The highest BCUT2D eigenvalue weighted by Gasteiger charge is 2.33.